The predicted octanol–water partition coefficient (Wildman–Crippen LogP) is 4.86. The first-order chi connectivity index (χ1) is 14.0. The molecule has 2 fully saturated rings. The van der Waals surface area contributed by atoms with E-state index in [1.54, 1.807) is 30.3 Å². The quantitative estimate of drug-likeness (QED) is 0.504. The van der Waals surface area contributed by atoms with Crippen LogP contribution in [0.15, 0.2) is 53.4 Å². The van der Waals surface area contributed by atoms with Crippen molar-refractivity contribution in [2.24, 2.45) is 0 Å². The Morgan fingerprint density at radius 3 is 2.31 bits per heavy atom. The van der Waals surface area contributed by atoms with E-state index in [1.807, 2.05) is 24.3 Å². The van der Waals surface area contributed by atoms with Crippen LogP contribution in [0.3, 0.4) is 0 Å². The van der Waals surface area contributed by atoms with Gasteiger partial charge in [-0.15, -0.1) is 0 Å². The van der Waals surface area contributed by atoms with Crippen molar-refractivity contribution in [3.8, 4) is 0 Å². The SMILES string of the molecule is O=C(CN1C(=O)S/C(=C/c2ccc(N3CCCC3)cc2)C1=O)c1ccc(Cl)cc1. The number of hydrogen-bond donors (Lipinski definition) is 0. The van der Waals surface area contributed by atoms with Crippen LogP contribution >= 0.6 is 23.4 Å². The lowest BCUT2D eigenvalue weighted by atomic mass is 10.1. The van der Waals surface area contributed by atoms with Crippen molar-refractivity contribution in [2.75, 3.05) is 24.5 Å². The fourth-order valence-electron chi connectivity index (χ4n) is 3.42. The molecular formula is C22H19ClN2O3S. The van der Waals surface area contributed by atoms with E-state index in [4.69, 9.17) is 11.6 Å². The summed E-state index contributed by atoms with van der Waals surface area (Å²) in [6, 6.07) is 14.3. The smallest absolute Gasteiger partial charge is 0.293 e. The van der Waals surface area contributed by atoms with Crippen LogP contribution in [-0.4, -0.2) is 41.5 Å². The highest BCUT2D eigenvalue weighted by Gasteiger charge is 2.36. The molecule has 2 amide bonds. The van der Waals surface area contributed by atoms with Gasteiger partial charge in [-0.1, -0.05) is 23.7 Å². The van der Waals surface area contributed by atoms with E-state index in [0.717, 1.165) is 35.3 Å². The molecule has 2 aromatic carbocycles. The number of thioether (sulfide) groups is 1. The van der Waals surface area contributed by atoms with Gasteiger partial charge in [0.05, 0.1) is 11.4 Å². The summed E-state index contributed by atoms with van der Waals surface area (Å²) in [6.45, 7) is 1.86. The molecule has 0 aromatic heterocycles. The standard InChI is InChI=1S/C22H19ClN2O3S/c23-17-7-5-16(6-8-17)19(26)14-25-21(27)20(29-22(25)28)13-15-3-9-18(10-4-15)24-11-1-2-12-24/h3-10,13H,1-2,11-12,14H2/b20-13+. The van der Waals surface area contributed by atoms with Crippen molar-refractivity contribution in [1.82, 2.24) is 4.90 Å². The lowest BCUT2D eigenvalue weighted by Gasteiger charge is -2.17. The minimum absolute atomic E-state index is 0.280. The molecule has 0 radical (unpaired) electrons. The van der Waals surface area contributed by atoms with Crippen LogP contribution in [0.2, 0.25) is 5.02 Å². The van der Waals surface area contributed by atoms with Gasteiger partial charge in [-0.05, 0) is 72.6 Å². The van der Waals surface area contributed by atoms with Gasteiger partial charge in [-0.25, -0.2) is 0 Å². The average molecular weight is 427 g/mol. The van der Waals surface area contributed by atoms with Crippen molar-refractivity contribution in [1.29, 1.82) is 0 Å². The van der Waals surface area contributed by atoms with Crippen LogP contribution in [0.1, 0.15) is 28.8 Å². The molecule has 0 saturated carbocycles. The molecule has 0 spiro atoms. The largest absolute Gasteiger partial charge is 0.372 e. The maximum Gasteiger partial charge on any atom is 0.293 e. The van der Waals surface area contributed by atoms with Crippen LogP contribution in [0.4, 0.5) is 10.5 Å². The molecule has 2 aromatic rings. The second-order valence-corrected chi connectivity index (χ2v) is 8.41. The highest BCUT2D eigenvalue weighted by atomic mass is 35.5. The van der Waals surface area contributed by atoms with Crippen LogP contribution < -0.4 is 4.90 Å². The van der Waals surface area contributed by atoms with E-state index in [2.05, 4.69) is 4.90 Å². The first-order valence-electron chi connectivity index (χ1n) is 9.40. The average Bonchev–Trinajstić information content (AvgIpc) is 3.34. The first kappa shape index (κ1) is 19.7. The van der Waals surface area contributed by atoms with Gasteiger partial charge in [0.25, 0.3) is 11.1 Å². The number of halogens is 1. The van der Waals surface area contributed by atoms with Crippen LogP contribution in [-0.2, 0) is 4.79 Å². The van der Waals surface area contributed by atoms with Crippen LogP contribution in [0.5, 0.6) is 0 Å². The molecule has 5 nitrogen and oxygen atoms in total. The third kappa shape index (κ3) is 4.38. The van der Waals surface area contributed by atoms with E-state index < -0.39 is 11.1 Å². The summed E-state index contributed by atoms with van der Waals surface area (Å²) in [7, 11) is 0. The number of amides is 2. The maximum atomic E-state index is 12.7. The minimum Gasteiger partial charge on any atom is -0.372 e. The lowest BCUT2D eigenvalue weighted by Crippen LogP contribution is -2.33. The molecule has 29 heavy (non-hydrogen) atoms. The summed E-state index contributed by atoms with van der Waals surface area (Å²) in [5.41, 5.74) is 2.43. The Labute approximate surface area is 178 Å². The molecule has 0 atom stereocenters. The van der Waals surface area contributed by atoms with Gasteiger partial charge in [0.1, 0.15) is 0 Å². The Kier molecular flexibility index (Phi) is 5.74. The van der Waals surface area contributed by atoms with Crippen molar-refractivity contribution in [3.63, 3.8) is 0 Å². The number of benzene rings is 2. The first-order valence-corrected chi connectivity index (χ1v) is 10.6. The molecule has 2 aliphatic heterocycles. The summed E-state index contributed by atoms with van der Waals surface area (Å²) in [6.07, 6.45) is 4.12. The summed E-state index contributed by atoms with van der Waals surface area (Å²) in [4.78, 5) is 41.0. The molecule has 4 rings (SSSR count). The normalized spacial score (nSPS) is 18.2. The summed E-state index contributed by atoms with van der Waals surface area (Å²) in [5, 5.41) is 0.0867. The van der Waals surface area contributed by atoms with Gasteiger partial charge in [0.15, 0.2) is 5.78 Å². The molecule has 2 aliphatic rings. The molecule has 0 N–H and O–H groups in total. The predicted molar refractivity (Wildman–Crippen MR) is 116 cm³/mol. The van der Waals surface area contributed by atoms with Crippen LogP contribution in [0.25, 0.3) is 6.08 Å². The van der Waals surface area contributed by atoms with E-state index in [1.165, 1.54) is 18.5 Å². The molecule has 7 heteroatoms. The minimum atomic E-state index is -0.439. The Bertz CT molecular complexity index is 980. The lowest BCUT2D eigenvalue weighted by molar-refractivity contribution is -0.122. The summed E-state index contributed by atoms with van der Waals surface area (Å²) < 4.78 is 0. The molecule has 2 saturated heterocycles. The van der Waals surface area contributed by atoms with Gasteiger partial charge in [0.2, 0.25) is 0 Å². The molecule has 0 aliphatic carbocycles. The van der Waals surface area contributed by atoms with Crippen molar-refractivity contribution in [2.45, 2.75) is 12.8 Å². The molecule has 0 unspecified atom stereocenters. The van der Waals surface area contributed by atoms with E-state index in [-0.39, 0.29) is 12.3 Å². The molecule has 0 bridgehead atoms. The second kappa shape index (κ2) is 8.43. The Balaban J connectivity index is 1.45. The third-order valence-electron chi connectivity index (χ3n) is 5.00. The zero-order valence-electron chi connectivity index (χ0n) is 15.6. The number of Topliss-reactive ketones (excluding diaryl/α,β-unsaturated/α-hetero) is 1. The van der Waals surface area contributed by atoms with Gasteiger partial charge in [-0.3, -0.25) is 19.3 Å². The van der Waals surface area contributed by atoms with E-state index in [0.29, 0.717) is 15.5 Å². The Hall–Kier alpha value is -2.57. The summed E-state index contributed by atoms with van der Waals surface area (Å²) in [5.74, 6) is -0.744. The second-order valence-electron chi connectivity index (χ2n) is 6.98. The van der Waals surface area contributed by atoms with E-state index in [9.17, 15) is 14.4 Å². The molecular weight excluding hydrogens is 408 g/mol. The van der Waals surface area contributed by atoms with Crippen molar-refractivity contribution in [3.05, 3.63) is 69.6 Å². The zero-order valence-corrected chi connectivity index (χ0v) is 17.2. The monoisotopic (exact) mass is 426 g/mol. The zero-order chi connectivity index (χ0) is 20.4. The number of carbonyl (C=O) groups is 3. The number of carbonyl (C=O) groups excluding carboxylic acids is 3. The van der Waals surface area contributed by atoms with Crippen molar-refractivity contribution >= 4 is 52.1 Å². The number of ketones is 1. The molecule has 2 heterocycles. The van der Waals surface area contributed by atoms with Gasteiger partial charge in [-0.2, -0.15) is 0 Å². The molecule has 148 valence electrons. The highest BCUT2D eigenvalue weighted by Crippen LogP contribution is 2.32. The van der Waals surface area contributed by atoms with E-state index >= 15 is 0 Å². The Morgan fingerprint density at radius 2 is 1.66 bits per heavy atom. The van der Waals surface area contributed by atoms with Gasteiger partial charge >= 0.3 is 0 Å². The number of imide groups is 1. The highest BCUT2D eigenvalue weighted by molar-refractivity contribution is 8.18. The fraction of sp³-hybridized carbons (Fsp3) is 0.227. The van der Waals surface area contributed by atoms with Crippen LogP contribution in [0, 0.1) is 0 Å². The number of hydrogen-bond acceptors (Lipinski definition) is 5. The number of anilines is 1. The van der Waals surface area contributed by atoms with Gasteiger partial charge in [0, 0.05) is 29.4 Å². The maximum absolute atomic E-state index is 12.7. The fourth-order valence-corrected chi connectivity index (χ4v) is 4.38. The number of nitrogens with zero attached hydrogens (tertiary/aromatic N) is 2. The van der Waals surface area contributed by atoms with Crippen molar-refractivity contribution < 1.29 is 14.4 Å². The number of rotatable bonds is 5. The topological polar surface area (TPSA) is 57.7 Å². The Morgan fingerprint density at radius 1 is 1.00 bits per heavy atom. The third-order valence-corrected chi connectivity index (χ3v) is 6.16. The van der Waals surface area contributed by atoms with Gasteiger partial charge < -0.3 is 4.90 Å². The summed E-state index contributed by atoms with van der Waals surface area (Å²) >= 11 is 6.69.